The number of ether oxygens (including phenoxy) is 2. The minimum Gasteiger partial charge on any atom is -0.493 e. The fraction of sp³-hybridized carbons (Fsp3) is 0.0588. The highest BCUT2D eigenvalue weighted by Gasteiger charge is 2.19. The van der Waals surface area contributed by atoms with Crippen LogP contribution in [0.1, 0.15) is 0 Å². The summed E-state index contributed by atoms with van der Waals surface area (Å²) in [7, 11) is 1.50. The number of rotatable bonds is 4. The maximum atomic E-state index is 11.6. The first kappa shape index (κ1) is 13.9. The molecule has 0 aliphatic carbocycles. The van der Waals surface area contributed by atoms with Crippen LogP contribution in [0.4, 0.5) is 0 Å². The van der Waals surface area contributed by atoms with E-state index in [1.165, 1.54) is 7.11 Å². The van der Waals surface area contributed by atoms with E-state index in [4.69, 9.17) is 13.9 Å². The highest BCUT2D eigenvalue weighted by atomic mass is 16.6. The first-order chi connectivity index (χ1) is 10.7. The quantitative estimate of drug-likeness (QED) is 0.418. The number of carbonyl (C=O) groups is 1. The summed E-state index contributed by atoms with van der Waals surface area (Å²) in [6, 6.07) is 12.6. The number of hydrogen-bond acceptors (Lipinski definition) is 5. The van der Waals surface area contributed by atoms with Gasteiger partial charge in [0.2, 0.25) is 5.89 Å². The van der Waals surface area contributed by atoms with Crippen molar-refractivity contribution in [1.82, 2.24) is 4.98 Å². The zero-order valence-corrected chi connectivity index (χ0v) is 11.9. The van der Waals surface area contributed by atoms with Gasteiger partial charge in [0.25, 0.3) is 0 Å². The molecule has 0 amide bonds. The van der Waals surface area contributed by atoms with Crippen LogP contribution in [0.5, 0.6) is 11.5 Å². The second-order valence-corrected chi connectivity index (χ2v) is 4.45. The van der Waals surface area contributed by atoms with Crippen LogP contribution in [0.15, 0.2) is 59.5 Å². The van der Waals surface area contributed by atoms with Gasteiger partial charge >= 0.3 is 5.97 Å². The summed E-state index contributed by atoms with van der Waals surface area (Å²) in [4.78, 5) is 16.0. The summed E-state index contributed by atoms with van der Waals surface area (Å²) in [5.74, 6) is 0.435. The molecule has 0 spiro atoms. The number of hydrogen-bond donors (Lipinski definition) is 0. The second-order valence-electron chi connectivity index (χ2n) is 4.45. The van der Waals surface area contributed by atoms with Gasteiger partial charge in [0.1, 0.15) is 5.52 Å². The fourth-order valence-corrected chi connectivity index (χ4v) is 2.08. The third-order valence-electron chi connectivity index (χ3n) is 3.09. The molecule has 5 nitrogen and oxygen atoms in total. The van der Waals surface area contributed by atoms with Crippen molar-refractivity contribution in [2.75, 3.05) is 7.11 Å². The van der Waals surface area contributed by atoms with E-state index in [-0.39, 0.29) is 5.75 Å². The van der Waals surface area contributed by atoms with Crippen LogP contribution in [0, 0.1) is 0 Å². The molecular formula is C17H13NO4. The number of benzene rings is 2. The molecule has 0 saturated heterocycles. The summed E-state index contributed by atoms with van der Waals surface area (Å²) in [5.41, 5.74) is 1.91. The molecule has 5 heteroatoms. The van der Waals surface area contributed by atoms with Crippen molar-refractivity contribution < 1.29 is 18.7 Å². The molecule has 0 radical (unpaired) electrons. The van der Waals surface area contributed by atoms with Gasteiger partial charge in [-0.15, -0.1) is 0 Å². The van der Waals surface area contributed by atoms with Gasteiger partial charge in [-0.1, -0.05) is 24.8 Å². The Bertz CT molecular complexity index is 818. The van der Waals surface area contributed by atoms with E-state index < -0.39 is 5.97 Å². The Kier molecular flexibility index (Phi) is 3.62. The van der Waals surface area contributed by atoms with Gasteiger partial charge in [-0.25, -0.2) is 9.78 Å². The highest BCUT2D eigenvalue weighted by molar-refractivity contribution is 5.86. The Morgan fingerprint density at radius 2 is 2.05 bits per heavy atom. The molecule has 0 saturated carbocycles. The lowest BCUT2D eigenvalue weighted by molar-refractivity contribution is -0.129. The average Bonchev–Trinajstić information content (AvgIpc) is 2.98. The highest BCUT2D eigenvalue weighted by Crippen LogP contribution is 2.38. The van der Waals surface area contributed by atoms with E-state index in [1.54, 1.807) is 18.2 Å². The largest absolute Gasteiger partial charge is 0.493 e. The molecule has 3 rings (SSSR count). The van der Waals surface area contributed by atoms with Gasteiger partial charge in [0.05, 0.1) is 12.7 Å². The van der Waals surface area contributed by atoms with E-state index in [0.29, 0.717) is 22.8 Å². The Hall–Kier alpha value is -3.08. The van der Waals surface area contributed by atoms with Crippen molar-refractivity contribution >= 4 is 17.1 Å². The number of fused-ring (bicyclic) bond motifs is 1. The van der Waals surface area contributed by atoms with Crippen molar-refractivity contribution in [2.24, 2.45) is 0 Å². The average molecular weight is 295 g/mol. The lowest BCUT2D eigenvalue weighted by Gasteiger charge is -2.10. The minimum absolute atomic E-state index is 0.251. The normalized spacial score (nSPS) is 10.4. The molecule has 0 unspecified atom stereocenters. The molecule has 1 aromatic heterocycles. The lowest BCUT2D eigenvalue weighted by Crippen LogP contribution is -2.05. The molecular weight excluding hydrogens is 282 g/mol. The van der Waals surface area contributed by atoms with Crippen LogP contribution in [-0.2, 0) is 4.79 Å². The topological polar surface area (TPSA) is 61.6 Å². The van der Waals surface area contributed by atoms with E-state index in [0.717, 1.165) is 11.6 Å². The number of methoxy groups -OCH3 is 1. The third-order valence-corrected chi connectivity index (χ3v) is 3.09. The molecule has 0 aliphatic rings. The molecule has 1 heterocycles. The zero-order chi connectivity index (χ0) is 15.5. The van der Waals surface area contributed by atoms with Crippen molar-refractivity contribution in [3.63, 3.8) is 0 Å². The van der Waals surface area contributed by atoms with Crippen LogP contribution < -0.4 is 9.47 Å². The van der Waals surface area contributed by atoms with E-state index in [9.17, 15) is 4.79 Å². The zero-order valence-electron chi connectivity index (χ0n) is 11.9. The second kappa shape index (κ2) is 5.73. The van der Waals surface area contributed by atoms with Crippen LogP contribution in [0.25, 0.3) is 22.6 Å². The smallest absolute Gasteiger partial charge is 0.335 e. The van der Waals surface area contributed by atoms with E-state index >= 15 is 0 Å². The lowest BCUT2D eigenvalue weighted by atomic mass is 10.2. The standard InChI is InChI=1S/C17H13NO4/c1-3-15(19)22-16-11(7-6-10-14(16)20-2)17-18-12-8-4-5-9-13(12)21-17/h3-10H,1H2,2H3. The molecule has 22 heavy (non-hydrogen) atoms. The number of carbonyl (C=O) groups excluding carboxylic acids is 1. The number of nitrogens with zero attached hydrogens (tertiary/aromatic N) is 1. The summed E-state index contributed by atoms with van der Waals surface area (Å²) < 4.78 is 16.3. The predicted molar refractivity (Wildman–Crippen MR) is 81.8 cm³/mol. The van der Waals surface area contributed by atoms with Gasteiger partial charge in [-0.3, -0.25) is 0 Å². The van der Waals surface area contributed by atoms with Crippen molar-refractivity contribution in [3.8, 4) is 23.0 Å². The van der Waals surface area contributed by atoms with Crippen LogP contribution in [0.2, 0.25) is 0 Å². The van der Waals surface area contributed by atoms with Crippen molar-refractivity contribution in [3.05, 3.63) is 55.1 Å². The van der Waals surface area contributed by atoms with Crippen molar-refractivity contribution in [2.45, 2.75) is 0 Å². The Labute approximate surface area is 126 Å². The SMILES string of the molecule is C=CC(=O)Oc1c(OC)cccc1-c1nc2ccccc2o1. The maximum Gasteiger partial charge on any atom is 0.335 e. The Balaban J connectivity index is 2.16. The van der Waals surface area contributed by atoms with Gasteiger partial charge in [-0.2, -0.15) is 0 Å². The Morgan fingerprint density at radius 3 is 2.77 bits per heavy atom. The minimum atomic E-state index is -0.582. The Morgan fingerprint density at radius 1 is 1.23 bits per heavy atom. The molecule has 3 aromatic rings. The summed E-state index contributed by atoms with van der Waals surface area (Å²) in [6.07, 6.45) is 1.09. The molecule has 2 aromatic carbocycles. The van der Waals surface area contributed by atoms with Gasteiger partial charge < -0.3 is 13.9 Å². The van der Waals surface area contributed by atoms with Crippen LogP contribution in [-0.4, -0.2) is 18.1 Å². The van der Waals surface area contributed by atoms with E-state index in [1.807, 2.05) is 24.3 Å². The fourth-order valence-electron chi connectivity index (χ4n) is 2.08. The number of esters is 1. The first-order valence-corrected chi connectivity index (χ1v) is 6.60. The summed E-state index contributed by atoms with van der Waals surface area (Å²) >= 11 is 0. The van der Waals surface area contributed by atoms with Crippen LogP contribution in [0.3, 0.4) is 0 Å². The molecule has 110 valence electrons. The molecule has 0 fully saturated rings. The summed E-state index contributed by atoms with van der Waals surface area (Å²) in [5, 5.41) is 0. The van der Waals surface area contributed by atoms with Gasteiger partial charge in [-0.05, 0) is 24.3 Å². The molecule has 0 N–H and O–H groups in total. The number of aromatic nitrogens is 1. The van der Waals surface area contributed by atoms with Crippen LogP contribution >= 0.6 is 0 Å². The van der Waals surface area contributed by atoms with Gasteiger partial charge in [0.15, 0.2) is 17.1 Å². The predicted octanol–water partition coefficient (Wildman–Crippen LogP) is 3.59. The maximum absolute atomic E-state index is 11.6. The third kappa shape index (κ3) is 2.44. The van der Waals surface area contributed by atoms with Crippen molar-refractivity contribution in [1.29, 1.82) is 0 Å². The summed E-state index contributed by atoms with van der Waals surface area (Å²) in [6.45, 7) is 3.40. The first-order valence-electron chi connectivity index (χ1n) is 6.60. The molecule has 0 atom stereocenters. The number of para-hydroxylation sites is 3. The van der Waals surface area contributed by atoms with Gasteiger partial charge in [0, 0.05) is 6.08 Å². The van der Waals surface area contributed by atoms with E-state index in [2.05, 4.69) is 11.6 Å². The monoisotopic (exact) mass is 295 g/mol. The molecule has 0 bridgehead atoms. The number of oxazole rings is 1. The molecule has 0 aliphatic heterocycles.